The number of ether oxygens (including phenoxy) is 1. The van der Waals surface area contributed by atoms with Crippen molar-refractivity contribution in [3.05, 3.63) is 88.9 Å². The summed E-state index contributed by atoms with van der Waals surface area (Å²) in [5.41, 5.74) is 2.78. The summed E-state index contributed by atoms with van der Waals surface area (Å²) in [5, 5.41) is 6.55. The van der Waals surface area contributed by atoms with Crippen molar-refractivity contribution in [3.63, 3.8) is 0 Å². The Labute approximate surface area is 198 Å². The minimum absolute atomic E-state index is 0.151. The molecule has 0 aliphatic carbocycles. The largest absolute Gasteiger partial charge is 0.380 e. The number of carbonyl (C=O) groups excluding carboxylic acids is 1. The smallest absolute Gasteiger partial charge is 0.255 e. The summed E-state index contributed by atoms with van der Waals surface area (Å²) in [5.74, 6) is -0.355. The lowest BCUT2D eigenvalue weighted by atomic mass is 10.2. The molecule has 0 spiro atoms. The minimum atomic E-state index is -3.60. The SMILES string of the molecule is O=C(Nc1ccc(NCc2ccccc2)c(Cl)c1)c1ccc(S(=O)(=O)N2CCOCC2)cc1. The quantitative estimate of drug-likeness (QED) is 0.523. The van der Waals surface area contributed by atoms with E-state index in [2.05, 4.69) is 10.6 Å². The molecular formula is C24H24ClN3O4S. The van der Waals surface area contributed by atoms with Gasteiger partial charge in [-0.25, -0.2) is 8.42 Å². The lowest BCUT2D eigenvalue weighted by Crippen LogP contribution is -2.40. The van der Waals surface area contributed by atoms with E-state index in [0.717, 1.165) is 11.3 Å². The number of morpholine rings is 1. The molecule has 1 aliphatic rings. The second kappa shape index (κ2) is 10.4. The third kappa shape index (κ3) is 5.72. The third-order valence-corrected chi connectivity index (χ3v) is 7.50. The van der Waals surface area contributed by atoms with Gasteiger partial charge in [-0.3, -0.25) is 4.79 Å². The van der Waals surface area contributed by atoms with Crippen LogP contribution in [0.5, 0.6) is 0 Å². The van der Waals surface area contributed by atoms with E-state index in [0.29, 0.717) is 49.1 Å². The number of carbonyl (C=O) groups is 1. The van der Waals surface area contributed by atoms with Gasteiger partial charge in [0.1, 0.15) is 0 Å². The van der Waals surface area contributed by atoms with Gasteiger partial charge in [-0.05, 0) is 48.0 Å². The number of sulfonamides is 1. The van der Waals surface area contributed by atoms with Gasteiger partial charge in [0, 0.05) is 30.9 Å². The first kappa shape index (κ1) is 23.3. The second-order valence-electron chi connectivity index (χ2n) is 7.53. The number of halogens is 1. The Morgan fingerprint density at radius 1 is 0.970 bits per heavy atom. The lowest BCUT2D eigenvalue weighted by molar-refractivity contribution is 0.0730. The fourth-order valence-electron chi connectivity index (χ4n) is 3.45. The lowest BCUT2D eigenvalue weighted by Gasteiger charge is -2.26. The van der Waals surface area contributed by atoms with Crippen LogP contribution in [0.2, 0.25) is 5.02 Å². The van der Waals surface area contributed by atoms with Crippen LogP contribution < -0.4 is 10.6 Å². The van der Waals surface area contributed by atoms with E-state index < -0.39 is 10.0 Å². The molecule has 9 heteroatoms. The topological polar surface area (TPSA) is 87.7 Å². The highest BCUT2D eigenvalue weighted by molar-refractivity contribution is 7.89. The molecular weight excluding hydrogens is 462 g/mol. The van der Waals surface area contributed by atoms with Crippen molar-refractivity contribution in [1.29, 1.82) is 0 Å². The maximum atomic E-state index is 12.7. The molecule has 0 radical (unpaired) electrons. The van der Waals surface area contributed by atoms with Crippen LogP contribution in [-0.4, -0.2) is 44.9 Å². The molecule has 0 atom stereocenters. The van der Waals surface area contributed by atoms with Crippen molar-refractivity contribution in [3.8, 4) is 0 Å². The molecule has 1 heterocycles. The van der Waals surface area contributed by atoms with Gasteiger partial charge >= 0.3 is 0 Å². The van der Waals surface area contributed by atoms with Crippen LogP contribution in [0.15, 0.2) is 77.7 Å². The first-order valence-electron chi connectivity index (χ1n) is 10.5. The number of benzene rings is 3. The van der Waals surface area contributed by atoms with Crippen molar-refractivity contribution in [1.82, 2.24) is 4.31 Å². The van der Waals surface area contributed by atoms with Crippen LogP contribution in [-0.2, 0) is 21.3 Å². The number of nitrogens with zero attached hydrogens (tertiary/aromatic N) is 1. The van der Waals surface area contributed by atoms with E-state index in [1.54, 1.807) is 18.2 Å². The molecule has 4 rings (SSSR count). The molecule has 0 unspecified atom stereocenters. The highest BCUT2D eigenvalue weighted by Crippen LogP contribution is 2.26. The summed E-state index contributed by atoms with van der Waals surface area (Å²) in [6.45, 7) is 2.03. The van der Waals surface area contributed by atoms with Gasteiger partial charge in [0.15, 0.2) is 0 Å². The van der Waals surface area contributed by atoms with Gasteiger partial charge in [0.05, 0.1) is 28.8 Å². The van der Waals surface area contributed by atoms with Gasteiger partial charge < -0.3 is 15.4 Å². The van der Waals surface area contributed by atoms with E-state index in [-0.39, 0.29) is 10.8 Å². The summed E-state index contributed by atoms with van der Waals surface area (Å²) in [4.78, 5) is 12.8. The highest BCUT2D eigenvalue weighted by Gasteiger charge is 2.26. The number of rotatable bonds is 7. The Balaban J connectivity index is 1.39. The number of amides is 1. The molecule has 0 aromatic heterocycles. The Morgan fingerprint density at radius 3 is 2.33 bits per heavy atom. The number of nitrogens with one attached hydrogen (secondary N) is 2. The molecule has 1 aliphatic heterocycles. The maximum Gasteiger partial charge on any atom is 0.255 e. The monoisotopic (exact) mass is 485 g/mol. The van der Waals surface area contributed by atoms with Gasteiger partial charge in [-0.2, -0.15) is 4.31 Å². The number of hydrogen-bond acceptors (Lipinski definition) is 5. The molecule has 1 saturated heterocycles. The Kier molecular flexibility index (Phi) is 7.29. The maximum absolute atomic E-state index is 12.7. The molecule has 172 valence electrons. The molecule has 2 N–H and O–H groups in total. The molecule has 0 bridgehead atoms. The highest BCUT2D eigenvalue weighted by atomic mass is 35.5. The summed E-state index contributed by atoms with van der Waals surface area (Å²) >= 11 is 6.38. The van der Waals surface area contributed by atoms with Crippen molar-refractivity contribution in [2.75, 3.05) is 36.9 Å². The molecule has 0 saturated carbocycles. The van der Waals surface area contributed by atoms with E-state index in [1.807, 2.05) is 30.3 Å². The van der Waals surface area contributed by atoms with Crippen LogP contribution in [0.1, 0.15) is 15.9 Å². The van der Waals surface area contributed by atoms with Crippen molar-refractivity contribution in [2.45, 2.75) is 11.4 Å². The van der Waals surface area contributed by atoms with E-state index in [1.165, 1.54) is 28.6 Å². The van der Waals surface area contributed by atoms with E-state index in [9.17, 15) is 13.2 Å². The van der Waals surface area contributed by atoms with Crippen LogP contribution in [0.25, 0.3) is 0 Å². The van der Waals surface area contributed by atoms with Crippen LogP contribution in [0, 0.1) is 0 Å². The second-order valence-corrected chi connectivity index (χ2v) is 9.87. The first-order chi connectivity index (χ1) is 15.9. The van der Waals surface area contributed by atoms with Gasteiger partial charge in [0.25, 0.3) is 5.91 Å². The average Bonchev–Trinajstić information content (AvgIpc) is 2.85. The zero-order valence-electron chi connectivity index (χ0n) is 17.8. The van der Waals surface area contributed by atoms with Gasteiger partial charge in [0.2, 0.25) is 10.0 Å². The van der Waals surface area contributed by atoms with E-state index in [4.69, 9.17) is 16.3 Å². The fraction of sp³-hybridized carbons (Fsp3) is 0.208. The Morgan fingerprint density at radius 2 is 1.67 bits per heavy atom. The molecule has 3 aromatic carbocycles. The predicted molar refractivity (Wildman–Crippen MR) is 129 cm³/mol. The third-order valence-electron chi connectivity index (χ3n) is 5.28. The number of hydrogen-bond donors (Lipinski definition) is 2. The molecule has 1 amide bonds. The van der Waals surface area contributed by atoms with Crippen molar-refractivity contribution >= 4 is 38.9 Å². The predicted octanol–water partition coefficient (Wildman–Crippen LogP) is 4.23. The number of anilines is 2. The molecule has 7 nitrogen and oxygen atoms in total. The zero-order chi connectivity index (χ0) is 23.3. The van der Waals surface area contributed by atoms with Gasteiger partial charge in [-0.1, -0.05) is 41.9 Å². The molecule has 3 aromatic rings. The van der Waals surface area contributed by atoms with Gasteiger partial charge in [-0.15, -0.1) is 0 Å². The van der Waals surface area contributed by atoms with Crippen LogP contribution in [0.4, 0.5) is 11.4 Å². The Hall–Kier alpha value is -2.91. The summed E-state index contributed by atoms with van der Waals surface area (Å²) in [7, 11) is -3.60. The summed E-state index contributed by atoms with van der Waals surface area (Å²) in [6.07, 6.45) is 0. The fourth-order valence-corrected chi connectivity index (χ4v) is 5.10. The standard InChI is InChI=1S/C24H24ClN3O4S/c25-22-16-20(8-11-23(22)26-17-18-4-2-1-3-5-18)27-24(29)19-6-9-21(10-7-19)33(30,31)28-12-14-32-15-13-28/h1-11,16,26H,12-15,17H2,(H,27,29). The molecule has 1 fully saturated rings. The minimum Gasteiger partial charge on any atom is -0.380 e. The van der Waals surface area contributed by atoms with Crippen LogP contribution in [0.3, 0.4) is 0 Å². The first-order valence-corrected chi connectivity index (χ1v) is 12.3. The normalized spacial score (nSPS) is 14.6. The molecule has 33 heavy (non-hydrogen) atoms. The van der Waals surface area contributed by atoms with Crippen molar-refractivity contribution < 1.29 is 17.9 Å². The zero-order valence-corrected chi connectivity index (χ0v) is 19.4. The van der Waals surface area contributed by atoms with Crippen LogP contribution >= 0.6 is 11.6 Å². The average molecular weight is 486 g/mol. The Bertz CT molecular complexity index is 1210. The van der Waals surface area contributed by atoms with Crippen molar-refractivity contribution in [2.24, 2.45) is 0 Å². The summed E-state index contributed by atoms with van der Waals surface area (Å²) < 4.78 is 32.0. The summed E-state index contributed by atoms with van der Waals surface area (Å²) in [6, 6.07) is 21.1. The van der Waals surface area contributed by atoms with E-state index >= 15 is 0 Å².